The van der Waals surface area contributed by atoms with Crippen molar-refractivity contribution in [3.05, 3.63) is 42.0 Å². The Kier molecular flexibility index (Phi) is 6.28. The molecule has 1 saturated heterocycles. The van der Waals surface area contributed by atoms with Crippen molar-refractivity contribution in [2.75, 3.05) is 13.2 Å². The quantitative estimate of drug-likeness (QED) is 0.569. The van der Waals surface area contributed by atoms with E-state index in [0.29, 0.717) is 0 Å². The van der Waals surface area contributed by atoms with Crippen LogP contribution >= 0.6 is 0 Å². The van der Waals surface area contributed by atoms with E-state index in [1.54, 1.807) is 24.3 Å². The summed E-state index contributed by atoms with van der Waals surface area (Å²) in [4.78, 5) is 0.202. The van der Waals surface area contributed by atoms with E-state index >= 15 is 0 Å². The lowest BCUT2D eigenvalue weighted by Gasteiger charge is -2.29. The highest BCUT2D eigenvalue weighted by Gasteiger charge is 2.23. The smallest absolute Gasteiger partial charge is 0.296 e. The molecule has 3 unspecified atom stereocenters. The lowest BCUT2D eigenvalue weighted by atomic mass is 9.95. The van der Waals surface area contributed by atoms with Crippen LogP contribution in [0.5, 0.6) is 0 Å². The molecule has 0 spiro atoms. The lowest BCUT2D eigenvalue weighted by molar-refractivity contribution is -0.180. The van der Waals surface area contributed by atoms with Gasteiger partial charge in [-0.15, -0.1) is 0 Å². The summed E-state index contributed by atoms with van der Waals surface area (Å²) in [7, 11) is -3.70. The molecule has 1 aromatic rings. The second-order valence-electron chi connectivity index (χ2n) is 6.74. The Morgan fingerprint density at radius 1 is 1.08 bits per heavy atom. The molecule has 25 heavy (non-hydrogen) atoms. The molecule has 1 fully saturated rings. The summed E-state index contributed by atoms with van der Waals surface area (Å²) in [5.41, 5.74) is 1.02. The van der Waals surface area contributed by atoms with Gasteiger partial charge in [-0.25, -0.2) is 0 Å². The summed E-state index contributed by atoms with van der Waals surface area (Å²) in [5, 5.41) is 0. The first kappa shape index (κ1) is 18.6. The van der Waals surface area contributed by atoms with E-state index in [4.69, 9.17) is 13.7 Å². The summed E-state index contributed by atoms with van der Waals surface area (Å²) < 4.78 is 41.2. The molecule has 0 amide bonds. The first-order chi connectivity index (χ1) is 12.0. The van der Waals surface area contributed by atoms with Crippen LogP contribution in [0.3, 0.4) is 0 Å². The van der Waals surface area contributed by atoms with Gasteiger partial charge in [-0.3, -0.25) is 4.18 Å². The van der Waals surface area contributed by atoms with E-state index < -0.39 is 10.1 Å². The molecule has 1 aliphatic carbocycles. The predicted molar refractivity (Wildman–Crippen MR) is 94.6 cm³/mol. The van der Waals surface area contributed by atoms with Crippen LogP contribution in [0.4, 0.5) is 0 Å². The van der Waals surface area contributed by atoms with Gasteiger partial charge in [0, 0.05) is 12.5 Å². The van der Waals surface area contributed by atoms with Gasteiger partial charge in [-0.05, 0) is 51.2 Å². The molecule has 3 rings (SSSR count). The van der Waals surface area contributed by atoms with Crippen molar-refractivity contribution < 1.29 is 22.1 Å². The third kappa shape index (κ3) is 5.38. The fourth-order valence-electron chi connectivity index (χ4n) is 3.07. The summed E-state index contributed by atoms with van der Waals surface area (Å²) in [6.45, 7) is 2.86. The fraction of sp³-hybridized carbons (Fsp3) is 0.579. The van der Waals surface area contributed by atoms with Gasteiger partial charge in [0.15, 0.2) is 6.29 Å². The van der Waals surface area contributed by atoms with Crippen LogP contribution in [0.15, 0.2) is 41.3 Å². The molecular formula is C19H26O5S. The Bertz CT molecular complexity index is 674. The second-order valence-corrected chi connectivity index (χ2v) is 8.36. The van der Waals surface area contributed by atoms with E-state index in [1.807, 2.05) is 19.1 Å². The number of aryl methyl sites for hydroxylation is 1. The van der Waals surface area contributed by atoms with E-state index in [9.17, 15) is 8.42 Å². The van der Waals surface area contributed by atoms with Crippen molar-refractivity contribution in [1.29, 1.82) is 0 Å². The predicted octanol–water partition coefficient (Wildman–Crippen LogP) is 3.58. The molecule has 0 aromatic heterocycles. The van der Waals surface area contributed by atoms with Crippen molar-refractivity contribution in [2.45, 2.75) is 56.3 Å². The Balaban J connectivity index is 1.48. The summed E-state index contributed by atoms with van der Waals surface area (Å²) >= 11 is 0. The molecule has 1 aromatic carbocycles. The Labute approximate surface area is 150 Å². The standard InChI is InChI=1S/C19H26O5S/c1-15-5-11-18(12-6-15)25(20,21)23-14-16-7-9-17(10-8-16)24-19-4-2-3-13-22-19/h5-7,9,11-12,16-17,19H,2-4,8,10,13-14H2,1H3. The van der Waals surface area contributed by atoms with Gasteiger partial charge in [0.1, 0.15) is 0 Å². The van der Waals surface area contributed by atoms with Crippen LogP contribution in [0, 0.1) is 12.8 Å². The van der Waals surface area contributed by atoms with Crippen LogP contribution < -0.4 is 0 Å². The largest absolute Gasteiger partial charge is 0.353 e. The van der Waals surface area contributed by atoms with Crippen LogP contribution in [0.25, 0.3) is 0 Å². The van der Waals surface area contributed by atoms with Gasteiger partial charge in [-0.1, -0.05) is 29.8 Å². The second kappa shape index (κ2) is 8.45. The minimum absolute atomic E-state index is 0.0491. The molecule has 0 saturated carbocycles. The fourth-order valence-corrected chi connectivity index (χ4v) is 4.03. The zero-order valence-electron chi connectivity index (χ0n) is 14.6. The lowest BCUT2D eigenvalue weighted by Crippen LogP contribution is -2.29. The molecule has 1 heterocycles. The van der Waals surface area contributed by atoms with E-state index in [1.165, 1.54) is 0 Å². The van der Waals surface area contributed by atoms with Gasteiger partial charge in [0.2, 0.25) is 0 Å². The molecular weight excluding hydrogens is 340 g/mol. The van der Waals surface area contributed by atoms with Gasteiger partial charge in [0.05, 0.1) is 17.6 Å². The molecule has 2 aliphatic rings. The first-order valence-electron chi connectivity index (χ1n) is 8.94. The highest BCUT2D eigenvalue weighted by molar-refractivity contribution is 7.86. The molecule has 138 valence electrons. The highest BCUT2D eigenvalue weighted by Crippen LogP contribution is 2.25. The zero-order valence-corrected chi connectivity index (χ0v) is 15.4. The summed E-state index contributed by atoms with van der Waals surface area (Å²) in [6.07, 6.45) is 8.86. The van der Waals surface area contributed by atoms with Gasteiger partial charge in [0.25, 0.3) is 10.1 Å². The Morgan fingerprint density at radius 2 is 1.88 bits per heavy atom. The molecule has 0 radical (unpaired) electrons. The van der Waals surface area contributed by atoms with Crippen molar-refractivity contribution in [3.63, 3.8) is 0 Å². The first-order valence-corrected chi connectivity index (χ1v) is 10.4. The summed E-state index contributed by atoms with van der Waals surface area (Å²) in [5.74, 6) is 0.0901. The van der Waals surface area contributed by atoms with Gasteiger partial charge >= 0.3 is 0 Å². The Hall–Kier alpha value is -1.21. The Morgan fingerprint density at radius 3 is 2.52 bits per heavy atom. The molecule has 1 aliphatic heterocycles. The van der Waals surface area contributed by atoms with Crippen molar-refractivity contribution in [2.24, 2.45) is 5.92 Å². The number of hydrogen-bond acceptors (Lipinski definition) is 5. The number of rotatable bonds is 6. The minimum atomic E-state index is -3.70. The third-order valence-electron chi connectivity index (χ3n) is 4.63. The van der Waals surface area contributed by atoms with E-state index in [-0.39, 0.29) is 29.8 Å². The van der Waals surface area contributed by atoms with E-state index in [2.05, 4.69) is 0 Å². The zero-order chi connectivity index (χ0) is 17.7. The van der Waals surface area contributed by atoms with Crippen LogP contribution in [0.1, 0.15) is 37.7 Å². The third-order valence-corrected chi connectivity index (χ3v) is 5.93. The maximum absolute atomic E-state index is 12.2. The van der Waals surface area contributed by atoms with E-state index in [0.717, 1.165) is 44.3 Å². The monoisotopic (exact) mass is 366 g/mol. The number of benzene rings is 1. The van der Waals surface area contributed by atoms with Crippen molar-refractivity contribution in [3.8, 4) is 0 Å². The highest BCUT2D eigenvalue weighted by atomic mass is 32.2. The van der Waals surface area contributed by atoms with Crippen LogP contribution in [0.2, 0.25) is 0 Å². The number of hydrogen-bond donors (Lipinski definition) is 0. The molecule has 3 atom stereocenters. The van der Waals surface area contributed by atoms with Gasteiger partial charge < -0.3 is 9.47 Å². The number of ether oxygens (including phenoxy) is 2. The van der Waals surface area contributed by atoms with Crippen molar-refractivity contribution in [1.82, 2.24) is 0 Å². The SMILES string of the molecule is Cc1ccc(S(=O)(=O)OCC2C=CC(OC3CCCCO3)CC2)cc1. The maximum atomic E-state index is 12.2. The van der Waals surface area contributed by atoms with Crippen LogP contribution in [-0.2, 0) is 23.8 Å². The minimum Gasteiger partial charge on any atom is -0.353 e. The maximum Gasteiger partial charge on any atom is 0.296 e. The molecule has 6 heteroatoms. The topological polar surface area (TPSA) is 61.8 Å². The average molecular weight is 366 g/mol. The normalized spacial score (nSPS) is 27.3. The average Bonchev–Trinajstić information content (AvgIpc) is 2.62. The molecule has 0 N–H and O–H groups in total. The summed E-state index contributed by atoms with van der Waals surface area (Å²) in [6, 6.07) is 6.70. The van der Waals surface area contributed by atoms with Crippen molar-refractivity contribution >= 4 is 10.1 Å². The van der Waals surface area contributed by atoms with Crippen LogP contribution in [-0.4, -0.2) is 34.0 Å². The molecule has 0 bridgehead atoms. The molecule has 5 nitrogen and oxygen atoms in total. The van der Waals surface area contributed by atoms with Gasteiger partial charge in [-0.2, -0.15) is 8.42 Å².